The number of nitrogens with zero attached hydrogens (tertiary/aromatic N) is 3. The lowest BCUT2D eigenvalue weighted by molar-refractivity contribution is 0.415. The molecular formula is C24H17N3O2. The quantitative estimate of drug-likeness (QED) is 0.493. The van der Waals surface area contributed by atoms with Gasteiger partial charge in [0.15, 0.2) is 0 Å². The van der Waals surface area contributed by atoms with Crippen LogP contribution in [0.3, 0.4) is 0 Å². The molecule has 0 fully saturated rings. The van der Waals surface area contributed by atoms with Crippen molar-refractivity contribution >= 4 is 17.0 Å². The molecule has 0 bridgehead atoms. The number of hydrogen-bond donors (Lipinski definition) is 0. The van der Waals surface area contributed by atoms with Crippen molar-refractivity contribution in [2.45, 2.75) is 0 Å². The second-order valence-electron chi connectivity index (χ2n) is 6.44. The minimum absolute atomic E-state index is 0.0430. The summed E-state index contributed by atoms with van der Waals surface area (Å²) in [5.74, 6) is 0.739. The predicted molar refractivity (Wildman–Crippen MR) is 114 cm³/mol. The predicted octanol–water partition coefficient (Wildman–Crippen LogP) is 4.43. The average molecular weight is 379 g/mol. The number of aromatic nitrogens is 1. The first-order chi connectivity index (χ1) is 14.2. The van der Waals surface area contributed by atoms with Gasteiger partial charge in [0.25, 0.3) is 5.56 Å². The summed E-state index contributed by atoms with van der Waals surface area (Å²) in [7, 11) is 1.60. The van der Waals surface area contributed by atoms with Crippen LogP contribution in [0.5, 0.6) is 5.75 Å². The molecule has 0 aliphatic rings. The summed E-state index contributed by atoms with van der Waals surface area (Å²) < 4.78 is 6.43. The Hall–Kier alpha value is -4.17. The van der Waals surface area contributed by atoms with Gasteiger partial charge in [0.05, 0.1) is 19.0 Å². The fraction of sp³-hybridized carbons (Fsp3) is 0.0417. The second-order valence-corrected chi connectivity index (χ2v) is 6.44. The van der Waals surface area contributed by atoms with Crippen LogP contribution in [0, 0.1) is 11.3 Å². The Morgan fingerprint density at radius 1 is 0.966 bits per heavy atom. The van der Waals surface area contributed by atoms with E-state index in [0.29, 0.717) is 5.69 Å². The Balaban J connectivity index is 1.83. The molecule has 0 N–H and O–H groups in total. The van der Waals surface area contributed by atoms with Gasteiger partial charge in [-0.2, -0.15) is 15.0 Å². The smallest absolute Gasteiger partial charge is 0.289 e. The first kappa shape index (κ1) is 18.2. The van der Waals surface area contributed by atoms with E-state index in [1.165, 1.54) is 10.7 Å². The maximum atomic E-state index is 12.8. The molecule has 1 aromatic heterocycles. The molecule has 3 aromatic carbocycles. The Morgan fingerprint density at radius 3 is 2.45 bits per heavy atom. The van der Waals surface area contributed by atoms with Crippen molar-refractivity contribution in [1.29, 1.82) is 5.26 Å². The number of pyridine rings is 1. The molecule has 29 heavy (non-hydrogen) atoms. The van der Waals surface area contributed by atoms with Gasteiger partial charge in [-0.25, -0.2) is 0 Å². The number of hydrogen-bond acceptors (Lipinski definition) is 4. The lowest BCUT2D eigenvalue weighted by Crippen LogP contribution is -2.20. The van der Waals surface area contributed by atoms with E-state index in [4.69, 9.17) is 4.74 Å². The van der Waals surface area contributed by atoms with Crippen molar-refractivity contribution in [3.05, 3.63) is 100 Å². The van der Waals surface area contributed by atoms with Crippen molar-refractivity contribution in [2.24, 2.45) is 5.10 Å². The monoisotopic (exact) mass is 379 g/mol. The largest absolute Gasteiger partial charge is 0.497 e. The highest BCUT2D eigenvalue weighted by atomic mass is 16.5. The normalized spacial score (nSPS) is 10.9. The van der Waals surface area contributed by atoms with Gasteiger partial charge in [0.1, 0.15) is 17.4 Å². The number of benzene rings is 3. The first-order valence-corrected chi connectivity index (χ1v) is 9.03. The van der Waals surface area contributed by atoms with E-state index in [-0.39, 0.29) is 5.56 Å². The molecular weight excluding hydrogens is 362 g/mol. The van der Waals surface area contributed by atoms with E-state index in [1.807, 2.05) is 72.8 Å². The standard InChI is InChI=1S/C24H17N3O2/c1-29-22-11-6-17(7-12-22)16-26-27-23(13-10-21(15-25)24(27)28)20-9-8-18-4-2-3-5-19(18)14-20/h2-14,16H,1H3/b26-16+. The first-order valence-electron chi connectivity index (χ1n) is 9.03. The van der Waals surface area contributed by atoms with Crippen molar-refractivity contribution in [3.8, 4) is 23.1 Å². The van der Waals surface area contributed by atoms with Gasteiger partial charge < -0.3 is 4.74 Å². The van der Waals surface area contributed by atoms with Crippen molar-refractivity contribution in [2.75, 3.05) is 7.11 Å². The third kappa shape index (κ3) is 3.64. The van der Waals surface area contributed by atoms with Gasteiger partial charge in [-0.15, -0.1) is 0 Å². The number of nitriles is 1. The molecule has 0 saturated heterocycles. The molecule has 0 unspecified atom stereocenters. The minimum Gasteiger partial charge on any atom is -0.497 e. The average Bonchev–Trinajstić information content (AvgIpc) is 2.78. The summed E-state index contributed by atoms with van der Waals surface area (Å²) in [5.41, 5.74) is 1.86. The molecule has 0 radical (unpaired) electrons. The summed E-state index contributed by atoms with van der Waals surface area (Å²) in [5, 5.41) is 15.8. The molecule has 140 valence electrons. The fourth-order valence-electron chi connectivity index (χ4n) is 3.11. The highest BCUT2D eigenvalue weighted by molar-refractivity contribution is 5.87. The van der Waals surface area contributed by atoms with Crippen LogP contribution in [0.4, 0.5) is 0 Å². The van der Waals surface area contributed by atoms with Crippen LogP contribution in [0.15, 0.2) is 88.8 Å². The SMILES string of the molecule is COc1ccc(/C=N/n2c(-c3ccc4ccccc4c3)ccc(C#N)c2=O)cc1. The Labute approximate surface area is 167 Å². The van der Waals surface area contributed by atoms with Crippen LogP contribution in [0.25, 0.3) is 22.0 Å². The molecule has 0 spiro atoms. The molecule has 5 nitrogen and oxygen atoms in total. The molecule has 5 heteroatoms. The maximum Gasteiger partial charge on any atom is 0.289 e. The van der Waals surface area contributed by atoms with Crippen LogP contribution in [-0.2, 0) is 0 Å². The highest BCUT2D eigenvalue weighted by Crippen LogP contribution is 2.24. The Bertz CT molecular complexity index is 1310. The van der Waals surface area contributed by atoms with E-state index in [1.54, 1.807) is 19.4 Å². The zero-order chi connectivity index (χ0) is 20.2. The molecule has 0 saturated carbocycles. The molecule has 4 rings (SSSR count). The minimum atomic E-state index is -0.456. The lowest BCUT2D eigenvalue weighted by Gasteiger charge is -2.10. The van der Waals surface area contributed by atoms with E-state index >= 15 is 0 Å². The number of methoxy groups -OCH3 is 1. The fourth-order valence-corrected chi connectivity index (χ4v) is 3.11. The summed E-state index contributed by atoms with van der Waals surface area (Å²) in [6.07, 6.45) is 1.59. The number of rotatable bonds is 4. The van der Waals surface area contributed by atoms with E-state index in [9.17, 15) is 10.1 Å². The van der Waals surface area contributed by atoms with Gasteiger partial charge in [-0.1, -0.05) is 36.4 Å². The molecule has 0 amide bonds. The third-order valence-corrected chi connectivity index (χ3v) is 4.66. The zero-order valence-corrected chi connectivity index (χ0v) is 15.7. The summed E-state index contributed by atoms with van der Waals surface area (Å²) in [6, 6.07) is 26.5. The molecule has 1 heterocycles. The van der Waals surface area contributed by atoms with Gasteiger partial charge in [0, 0.05) is 5.56 Å². The van der Waals surface area contributed by atoms with Crippen LogP contribution in [-0.4, -0.2) is 18.0 Å². The van der Waals surface area contributed by atoms with Crippen LogP contribution >= 0.6 is 0 Å². The zero-order valence-electron chi connectivity index (χ0n) is 15.7. The molecule has 4 aromatic rings. The van der Waals surface area contributed by atoms with Crippen LogP contribution in [0.1, 0.15) is 11.1 Å². The maximum absolute atomic E-state index is 12.8. The third-order valence-electron chi connectivity index (χ3n) is 4.66. The Morgan fingerprint density at radius 2 is 1.72 bits per heavy atom. The topological polar surface area (TPSA) is 67.4 Å². The highest BCUT2D eigenvalue weighted by Gasteiger charge is 2.10. The number of ether oxygens (including phenoxy) is 1. The van der Waals surface area contributed by atoms with Crippen molar-refractivity contribution < 1.29 is 4.74 Å². The molecule has 0 atom stereocenters. The van der Waals surface area contributed by atoms with Gasteiger partial charge >= 0.3 is 0 Å². The molecule has 0 aliphatic carbocycles. The van der Waals surface area contributed by atoms with Crippen molar-refractivity contribution in [3.63, 3.8) is 0 Å². The van der Waals surface area contributed by atoms with Gasteiger partial charge in [0.2, 0.25) is 0 Å². The van der Waals surface area contributed by atoms with E-state index in [0.717, 1.165) is 27.6 Å². The second kappa shape index (κ2) is 7.83. The summed E-state index contributed by atoms with van der Waals surface area (Å²) in [4.78, 5) is 12.8. The molecule has 0 aliphatic heterocycles. The lowest BCUT2D eigenvalue weighted by atomic mass is 10.0. The van der Waals surface area contributed by atoms with Gasteiger partial charge in [-0.05, 0) is 58.8 Å². The van der Waals surface area contributed by atoms with E-state index < -0.39 is 5.56 Å². The Kier molecular flexibility index (Phi) is 4.91. The van der Waals surface area contributed by atoms with Crippen LogP contribution < -0.4 is 10.3 Å². The van der Waals surface area contributed by atoms with Gasteiger partial charge in [-0.3, -0.25) is 4.79 Å². The summed E-state index contributed by atoms with van der Waals surface area (Å²) >= 11 is 0. The van der Waals surface area contributed by atoms with Crippen molar-refractivity contribution in [1.82, 2.24) is 4.68 Å². The summed E-state index contributed by atoms with van der Waals surface area (Å²) in [6.45, 7) is 0. The van der Waals surface area contributed by atoms with E-state index in [2.05, 4.69) is 5.10 Å². The number of fused-ring (bicyclic) bond motifs is 1. The van der Waals surface area contributed by atoms with Crippen LogP contribution in [0.2, 0.25) is 0 Å².